The molecule has 2 amide bonds. The predicted molar refractivity (Wildman–Crippen MR) is 125 cm³/mol. The quantitative estimate of drug-likeness (QED) is 0.597. The van der Waals surface area contributed by atoms with Gasteiger partial charge in [-0.3, -0.25) is 9.88 Å². The number of ether oxygens (including phenoxy) is 1. The second-order valence-corrected chi connectivity index (χ2v) is 8.57. The summed E-state index contributed by atoms with van der Waals surface area (Å²) in [6.45, 7) is 2.21. The molecule has 3 saturated heterocycles. The van der Waals surface area contributed by atoms with Gasteiger partial charge >= 0.3 is 6.03 Å². The topological polar surface area (TPSA) is 66.5 Å². The van der Waals surface area contributed by atoms with Crippen LogP contribution in [0.25, 0.3) is 0 Å². The lowest BCUT2D eigenvalue weighted by Crippen LogP contribution is -2.64. The Kier molecular flexibility index (Phi) is 6.03. The van der Waals surface area contributed by atoms with Gasteiger partial charge in [0.15, 0.2) is 0 Å². The van der Waals surface area contributed by atoms with Crippen LogP contribution in [0.2, 0.25) is 0 Å². The monoisotopic (exact) mass is 428 g/mol. The Morgan fingerprint density at radius 1 is 1.00 bits per heavy atom. The zero-order valence-electron chi connectivity index (χ0n) is 18.0. The van der Waals surface area contributed by atoms with Crippen LogP contribution in [0.1, 0.15) is 18.4 Å². The summed E-state index contributed by atoms with van der Waals surface area (Å²) in [5, 5.41) is 6.28. The molecule has 0 unspecified atom stereocenters. The number of hydrogen-bond donors (Lipinski definition) is 2. The van der Waals surface area contributed by atoms with E-state index < -0.39 is 0 Å². The molecule has 3 aromatic rings. The van der Waals surface area contributed by atoms with E-state index in [4.69, 9.17) is 4.74 Å². The van der Waals surface area contributed by atoms with Gasteiger partial charge in [-0.25, -0.2) is 4.79 Å². The van der Waals surface area contributed by atoms with Gasteiger partial charge in [0.25, 0.3) is 0 Å². The van der Waals surface area contributed by atoms with Crippen molar-refractivity contribution in [3.05, 3.63) is 84.7 Å². The molecule has 0 spiro atoms. The van der Waals surface area contributed by atoms with Crippen molar-refractivity contribution in [2.45, 2.75) is 31.3 Å². The molecule has 0 saturated carbocycles. The molecule has 6 nitrogen and oxygen atoms in total. The average molecular weight is 429 g/mol. The van der Waals surface area contributed by atoms with Crippen molar-refractivity contribution >= 4 is 11.7 Å². The zero-order valence-corrected chi connectivity index (χ0v) is 18.0. The fourth-order valence-electron chi connectivity index (χ4n) is 4.96. The summed E-state index contributed by atoms with van der Waals surface area (Å²) < 4.78 is 5.89. The molecular weight excluding hydrogens is 400 g/mol. The number of aromatic nitrogens is 1. The van der Waals surface area contributed by atoms with Crippen molar-refractivity contribution < 1.29 is 9.53 Å². The van der Waals surface area contributed by atoms with Crippen LogP contribution in [0.4, 0.5) is 10.5 Å². The first-order valence-corrected chi connectivity index (χ1v) is 11.3. The highest BCUT2D eigenvalue weighted by atomic mass is 16.5. The molecular formula is C26H28N4O2. The maximum absolute atomic E-state index is 12.9. The second-order valence-electron chi connectivity index (χ2n) is 8.57. The number of nitrogens with one attached hydrogen (secondary N) is 2. The molecule has 2 aromatic carbocycles. The molecule has 32 heavy (non-hydrogen) atoms. The number of pyridine rings is 1. The average Bonchev–Trinajstić information content (AvgIpc) is 2.83. The highest BCUT2D eigenvalue weighted by Crippen LogP contribution is 2.34. The molecule has 6 heteroatoms. The van der Waals surface area contributed by atoms with Crippen LogP contribution in [0.15, 0.2) is 79.1 Å². The SMILES string of the molecule is O=C(Nc1cccc(Oc2ccccc2)c1)N[C@@H]1C2CCN(CC2)[C@@H]1Cc1cccnc1. The number of carbonyl (C=O) groups excluding carboxylic acids is 1. The van der Waals surface area contributed by atoms with E-state index in [1.54, 1.807) is 6.20 Å². The van der Waals surface area contributed by atoms with Gasteiger partial charge in [0.2, 0.25) is 0 Å². The van der Waals surface area contributed by atoms with E-state index in [1.807, 2.05) is 66.9 Å². The molecule has 1 aromatic heterocycles. The van der Waals surface area contributed by atoms with E-state index >= 15 is 0 Å². The molecule has 4 heterocycles. The Morgan fingerprint density at radius 2 is 1.81 bits per heavy atom. The fraction of sp³-hybridized carbons (Fsp3) is 0.308. The number of piperidine rings is 3. The number of benzene rings is 2. The molecule has 2 bridgehead atoms. The molecule has 164 valence electrons. The van der Waals surface area contributed by atoms with Crippen LogP contribution in [0.5, 0.6) is 11.5 Å². The Bertz CT molecular complexity index is 1040. The largest absolute Gasteiger partial charge is 0.457 e. The van der Waals surface area contributed by atoms with Crippen molar-refractivity contribution in [2.24, 2.45) is 5.92 Å². The first-order valence-electron chi connectivity index (χ1n) is 11.3. The summed E-state index contributed by atoms with van der Waals surface area (Å²) >= 11 is 0. The van der Waals surface area contributed by atoms with Crippen LogP contribution < -0.4 is 15.4 Å². The number of rotatable bonds is 6. The summed E-state index contributed by atoms with van der Waals surface area (Å²) in [5.74, 6) is 1.96. The fourth-order valence-corrected chi connectivity index (χ4v) is 4.96. The summed E-state index contributed by atoms with van der Waals surface area (Å²) in [6, 6.07) is 21.5. The highest BCUT2D eigenvalue weighted by molar-refractivity contribution is 5.89. The third-order valence-corrected chi connectivity index (χ3v) is 6.50. The second kappa shape index (κ2) is 9.40. The van der Waals surface area contributed by atoms with Crippen LogP contribution >= 0.6 is 0 Å². The highest BCUT2D eigenvalue weighted by Gasteiger charge is 2.42. The number of nitrogens with zero attached hydrogens (tertiary/aromatic N) is 2. The molecule has 2 atom stereocenters. The van der Waals surface area contributed by atoms with Crippen LogP contribution in [0.3, 0.4) is 0 Å². The van der Waals surface area contributed by atoms with Gasteiger partial charge in [0.05, 0.1) is 0 Å². The van der Waals surface area contributed by atoms with Gasteiger partial charge in [-0.15, -0.1) is 0 Å². The maximum atomic E-state index is 12.9. The normalized spacial score (nSPS) is 24.0. The van der Waals surface area contributed by atoms with Gasteiger partial charge in [0, 0.05) is 36.2 Å². The number of fused-ring (bicyclic) bond motifs is 3. The molecule has 3 aliphatic heterocycles. The smallest absolute Gasteiger partial charge is 0.319 e. The first-order chi connectivity index (χ1) is 15.7. The van der Waals surface area contributed by atoms with Gasteiger partial charge in [-0.1, -0.05) is 30.3 Å². The van der Waals surface area contributed by atoms with E-state index in [-0.39, 0.29) is 12.1 Å². The number of urea groups is 1. The Morgan fingerprint density at radius 3 is 2.59 bits per heavy atom. The van der Waals surface area contributed by atoms with E-state index in [9.17, 15) is 4.79 Å². The first kappa shape index (κ1) is 20.5. The Balaban J connectivity index is 1.25. The van der Waals surface area contributed by atoms with Crippen molar-refractivity contribution in [1.82, 2.24) is 15.2 Å². The van der Waals surface area contributed by atoms with E-state index in [0.717, 1.165) is 38.1 Å². The molecule has 6 rings (SSSR count). The van der Waals surface area contributed by atoms with Gasteiger partial charge in [-0.05, 0) is 74.2 Å². The van der Waals surface area contributed by atoms with Crippen LogP contribution in [-0.4, -0.2) is 41.1 Å². The van der Waals surface area contributed by atoms with Crippen molar-refractivity contribution in [3.63, 3.8) is 0 Å². The van der Waals surface area contributed by atoms with E-state index in [2.05, 4.69) is 26.6 Å². The molecule has 0 radical (unpaired) electrons. The van der Waals surface area contributed by atoms with Gasteiger partial charge in [0.1, 0.15) is 11.5 Å². The van der Waals surface area contributed by atoms with Crippen molar-refractivity contribution in [3.8, 4) is 11.5 Å². The summed E-state index contributed by atoms with van der Waals surface area (Å²) in [7, 11) is 0. The van der Waals surface area contributed by atoms with Crippen LogP contribution in [0, 0.1) is 5.92 Å². The Labute approximate surface area is 188 Å². The lowest BCUT2D eigenvalue weighted by Gasteiger charge is -2.51. The standard InChI is InChI=1S/C26H28N4O2/c31-26(28-21-7-4-10-23(17-21)32-22-8-2-1-3-9-22)29-25-20-11-14-30(15-12-20)24(25)16-19-6-5-13-27-18-19/h1-10,13,17-18,20,24-25H,11-12,14-16H2,(H2,28,29,31)/t24-,25-/m1/s1. The van der Waals surface area contributed by atoms with E-state index in [1.165, 1.54) is 5.56 Å². The number of para-hydroxylation sites is 1. The third kappa shape index (κ3) is 4.75. The number of hydrogen-bond acceptors (Lipinski definition) is 4. The lowest BCUT2D eigenvalue weighted by atomic mass is 9.77. The minimum Gasteiger partial charge on any atom is -0.457 e. The maximum Gasteiger partial charge on any atom is 0.319 e. The lowest BCUT2D eigenvalue weighted by molar-refractivity contribution is 0.0184. The van der Waals surface area contributed by atoms with Crippen molar-refractivity contribution in [2.75, 3.05) is 18.4 Å². The molecule has 2 N–H and O–H groups in total. The van der Waals surface area contributed by atoms with Gasteiger partial charge in [-0.2, -0.15) is 0 Å². The molecule has 3 aliphatic rings. The number of carbonyl (C=O) groups is 1. The minimum absolute atomic E-state index is 0.126. The summed E-state index contributed by atoms with van der Waals surface area (Å²) in [5.41, 5.74) is 1.92. The molecule has 0 aliphatic carbocycles. The minimum atomic E-state index is -0.170. The summed E-state index contributed by atoms with van der Waals surface area (Å²) in [6.07, 6.45) is 6.90. The van der Waals surface area contributed by atoms with E-state index in [0.29, 0.717) is 23.4 Å². The Hall–Kier alpha value is -3.38. The number of amides is 2. The zero-order chi connectivity index (χ0) is 21.8. The van der Waals surface area contributed by atoms with Crippen molar-refractivity contribution in [1.29, 1.82) is 0 Å². The van der Waals surface area contributed by atoms with Gasteiger partial charge < -0.3 is 15.4 Å². The predicted octanol–water partition coefficient (Wildman–Crippen LogP) is 4.70. The number of anilines is 1. The van der Waals surface area contributed by atoms with Crippen LogP contribution in [-0.2, 0) is 6.42 Å². The molecule has 3 fully saturated rings. The summed E-state index contributed by atoms with van der Waals surface area (Å²) in [4.78, 5) is 19.7. The third-order valence-electron chi connectivity index (χ3n) is 6.50.